The maximum Gasteiger partial charge on any atom is 0.416 e. The number of hydrogen-bond acceptors (Lipinski definition) is 4. The normalized spacial score (nSPS) is 18.1. The molecule has 1 aliphatic heterocycles. The largest absolute Gasteiger partial charge is 0.481 e. The van der Waals surface area contributed by atoms with E-state index < -0.39 is 53.6 Å². The lowest BCUT2D eigenvalue weighted by Gasteiger charge is -2.34. The van der Waals surface area contributed by atoms with Gasteiger partial charge >= 0.3 is 12.1 Å². The van der Waals surface area contributed by atoms with Gasteiger partial charge in [-0.05, 0) is 147 Å². The van der Waals surface area contributed by atoms with Crippen LogP contribution in [-0.2, 0) is 28.6 Å². The van der Waals surface area contributed by atoms with Gasteiger partial charge in [0.1, 0.15) is 6.04 Å². The van der Waals surface area contributed by atoms with Gasteiger partial charge in [-0.3, -0.25) is 14.4 Å². The molecule has 0 bridgehead atoms. The molecule has 2 unspecified atom stereocenters. The number of carboxylic acid groups (broad SMARTS) is 1. The van der Waals surface area contributed by atoms with Crippen LogP contribution in [0.15, 0.2) is 47.4 Å². The number of pyridine rings is 1. The summed E-state index contributed by atoms with van der Waals surface area (Å²) in [7, 11) is 0. The molecule has 274 valence electrons. The van der Waals surface area contributed by atoms with Crippen LogP contribution in [0.2, 0.25) is 0 Å². The van der Waals surface area contributed by atoms with Crippen molar-refractivity contribution in [1.82, 2.24) is 14.8 Å². The summed E-state index contributed by atoms with van der Waals surface area (Å²) in [6.45, 7) is 10.2. The van der Waals surface area contributed by atoms with Crippen molar-refractivity contribution < 1.29 is 27.9 Å². The molecule has 2 fully saturated rings. The van der Waals surface area contributed by atoms with Gasteiger partial charge < -0.3 is 19.9 Å². The Bertz CT molecular complexity index is 1820. The minimum atomic E-state index is -4.72. The molecular formula is C41H50F3N3O4. The van der Waals surface area contributed by atoms with E-state index in [0.717, 1.165) is 53.6 Å². The third-order valence-electron chi connectivity index (χ3n) is 11.1. The van der Waals surface area contributed by atoms with Crippen LogP contribution in [0.5, 0.6) is 0 Å². The van der Waals surface area contributed by atoms with Crippen molar-refractivity contribution >= 4 is 11.9 Å². The predicted molar refractivity (Wildman–Crippen MR) is 192 cm³/mol. The Balaban J connectivity index is 1.36. The summed E-state index contributed by atoms with van der Waals surface area (Å²) in [5.41, 5.74) is 5.56. The molecule has 1 saturated carbocycles. The first-order chi connectivity index (χ1) is 24.2. The number of piperidine rings is 1. The fourth-order valence-electron chi connectivity index (χ4n) is 8.35. The van der Waals surface area contributed by atoms with E-state index in [4.69, 9.17) is 0 Å². The number of nitrogens with one attached hydrogen (secondary N) is 1. The van der Waals surface area contributed by atoms with Crippen LogP contribution in [0.4, 0.5) is 13.2 Å². The van der Waals surface area contributed by atoms with Gasteiger partial charge in [0, 0.05) is 18.8 Å². The van der Waals surface area contributed by atoms with Crippen molar-refractivity contribution in [2.24, 2.45) is 11.8 Å². The van der Waals surface area contributed by atoms with Crippen molar-refractivity contribution in [3.63, 3.8) is 0 Å². The predicted octanol–water partition coefficient (Wildman–Crippen LogP) is 8.15. The van der Waals surface area contributed by atoms with E-state index >= 15 is 0 Å². The van der Waals surface area contributed by atoms with E-state index in [2.05, 4.69) is 36.2 Å². The molecule has 2 atom stereocenters. The van der Waals surface area contributed by atoms with Gasteiger partial charge in [0.15, 0.2) is 0 Å². The second-order valence-electron chi connectivity index (χ2n) is 15.5. The number of aryl methyl sites for hydroxylation is 3. The number of rotatable bonds is 12. The maximum absolute atomic E-state index is 14.4. The van der Waals surface area contributed by atoms with Crippen LogP contribution in [0.1, 0.15) is 116 Å². The minimum Gasteiger partial charge on any atom is -0.481 e. The number of aliphatic carboxylic acids is 1. The molecule has 1 saturated heterocycles. The SMILES string of the molecule is Cc1cccc(C)c1-c1cc(C(CC(=O)O)NC(=O)C(CC(C)C)n2cc(C3CCN(CC4CC4)CC3)c(C(F)(F)F)cc2=O)cc2c1CCC2. The number of likely N-dealkylation sites (tertiary alicyclic amines) is 1. The molecule has 10 heteroatoms. The second-order valence-corrected chi connectivity index (χ2v) is 15.5. The first-order valence-electron chi connectivity index (χ1n) is 18.5. The number of nitrogens with zero attached hydrogens (tertiary/aromatic N) is 2. The first kappa shape index (κ1) is 36.9. The lowest BCUT2D eigenvalue weighted by molar-refractivity contribution is -0.139. The second kappa shape index (κ2) is 15.0. The van der Waals surface area contributed by atoms with E-state index in [-0.39, 0.29) is 17.9 Å². The molecule has 0 radical (unpaired) electrons. The Kier molecular flexibility index (Phi) is 10.8. The van der Waals surface area contributed by atoms with Crippen molar-refractivity contribution in [3.05, 3.63) is 91.9 Å². The third kappa shape index (κ3) is 8.43. The number of halogens is 3. The molecule has 2 heterocycles. The van der Waals surface area contributed by atoms with E-state index in [9.17, 15) is 32.7 Å². The summed E-state index contributed by atoms with van der Waals surface area (Å²) in [6, 6.07) is 8.70. The van der Waals surface area contributed by atoms with Gasteiger partial charge in [-0.1, -0.05) is 38.1 Å². The number of carbonyl (C=O) groups is 2. The number of carboxylic acids is 1. The van der Waals surface area contributed by atoms with E-state index in [1.165, 1.54) is 29.2 Å². The zero-order valence-electron chi connectivity index (χ0n) is 30.1. The molecule has 1 amide bonds. The smallest absolute Gasteiger partial charge is 0.416 e. The van der Waals surface area contributed by atoms with E-state index in [1.54, 1.807) is 0 Å². The molecule has 2 aromatic carbocycles. The molecule has 51 heavy (non-hydrogen) atoms. The number of alkyl halides is 3. The zero-order valence-corrected chi connectivity index (χ0v) is 30.1. The summed E-state index contributed by atoms with van der Waals surface area (Å²) < 4.78 is 44.5. The van der Waals surface area contributed by atoms with Gasteiger partial charge in [-0.2, -0.15) is 13.2 Å². The number of fused-ring (bicyclic) bond motifs is 1. The van der Waals surface area contributed by atoms with Gasteiger partial charge in [-0.15, -0.1) is 0 Å². The summed E-state index contributed by atoms with van der Waals surface area (Å²) in [4.78, 5) is 42.4. The quantitative estimate of drug-likeness (QED) is 0.199. The highest BCUT2D eigenvalue weighted by Gasteiger charge is 2.39. The Labute approximate surface area is 298 Å². The Morgan fingerprint density at radius 2 is 1.69 bits per heavy atom. The first-order valence-corrected chi connectivity index (χ1v) is 18.5. The average Bonchev–Trinajstić information content (AvgIpc) is 3.74. The Morgan fingerprint density at radius 3 is 2.29 bits per heavy atom. The topological polar surface area (TPSA) is 91.6 Å². The van der Waals surface area contributed by atoms with Crippen LogP contribution in [0, 0.1) is 25.7 Å². The summed E-state index contributed by atoms with van der Waals surface area (Å²) in [5, 5.41) is 13.0. The van der Waals surface area contributed by atoms with Gasteiger partial charge in [0.2, 0.25) is 5.91 Å². The molecule has 3 aliphatic rings. The van der Waals surface area contributed by atoms with Crippen molar-refractivity contribution in [1.29, 1.82) is 0 Å². The summed E-state index contributed by atoms with van der Waals surface area (Å²) >= 11 is 0. The van der Waals surface area contributed by atoms with Crippen molar-refractivity contribution in [3.8, 4) is 11.1 Å². The van der Waals surface area contributed by atoms with E-state index in [0.29, 0.717) is 43.5 Å². The highest BCUT2D eigenvalue weighted by atomic mass is 19.4. The Hall–Kier alpha value is -3.92. The lowest BCUT2D eigenvalue weighted by Crippen LogP contribution is -2.41. The standard InChI is InChI=1S/C41H50F3N3O4/c1-24(2)17-36(47-23-33(34(20-37(47)48)41(42,43)44)28-13-15-46(16-14-28)22-27-11-12-27)40(51)45-35(21-38(49)50)30-18-29-9-6-10-31(29)32(19-30)39-25(3)7-5-8-26(39)4/h5,7-8,18-20,23-24,27-28,35-36H,6,9-17,21-22H2,1-4H3,(H,45,51)(H,49,50). The minimum absolute atomic E-state index is 0.0497. The molecule has 2 N–H and O–H groups in total. The summed E-state index contributed by atoms with van der Waals surface area (Å²) in [6.07, 6.45) is 2.56. The monoisotopic (exact) mass is 705 g/mol. The van der Waals surface area contributed by atoms with E-state index in [1.807, 2.05) is 32.0 Å². The summed E-state index contributed by atoms with van der Waals surface area (Å²) in [5.74, 6) is -1.49. The number of benzene rings is 2. The molecule has 7 nitrogen and oxygen atoms in total. The number of amides is 1. The third-order valence-corrected chi connectivity index (χ3v) is 11.1. The van der Waals surface area contributed by atoms with Crippen molar-refractivity contribution in [2.45, 2.75) is 110 Å². The zero-order chi connectivity index (χ0) is 36.6. The molecule has 0 spiro atoms. The van der Waals surface area contributed by atoms with Gasteiger partial charge in [-0.25, -0.2) is 0 Å². The van der Waals surface area contributed by atoms with Crippen LogP contribution in [-0.4, -0.2) is 46.1 Å². The van der Waals surface area contributed by atoms with Gasteiger partial charge in [0.05, 0.1) is 18.0 Å². The Morgan fingerprint density at radius 1 is 1.00 bits per heavy atom. The van der Waals surface area contributed by atoms with Gasteiger partial charge in [0.25, 0.3) is 5.56 Å². The molecule has 3 aromatic rings. The average molecular weight is 706 g/mol. The fourth-order valence-corrected chi connectivity index (χ4v) is 8.35. The molecule has 6 rings (SSSR count). The number of hydrogen-bond donors (Lipinski definition) is 2. The molecular weight excluding hydrogens is 655 g/mol. The van der Waals surface area contributed by atoms with Crippen LogP contribution < -0.4 is 10.9 Å². The number of aromatic nitrogens is 1. The highest BCUT2D eigenvalue weighted by molar-refractivity contribution is 5.82. The van der Waals surface area contributed by atoms with Crippen LogP contribution >= 0.6 is 0 Å². The highest BCUT2D eigenvalue weighted by Crippen LogP contribution is 2.41. The number of carbonyl (C=O) groups excluding carboxylic acids is 1. The molecule has 2 aliphatic carbocycles. The van der Waals surface area contributed by atoms with Crippen LogP contribution in [0.25, 0.3) is 11.1 Å². The van der Waals surface area contributed by atoms with Crippen molar-refractivity contribution in [2.75, 3.05) is 19.6 Å². The maximum atomic E-state index is 14.4. The molecule has 1 aromatic heterocycles. The lowest BCUT2D eigenvalue weighted by atomic mass is 9.86. The fraction of sp³-hybridized carbons (Fsp3) is 0.537. The van der Waals surface area contributed by atoms with Crippen LogP contribution in [0.3, 0.4) is 0 Å².